The van der Waals surface area contributed by atoms with Crippen molar-refractivity contribution in [3.63, 3.8) is 0 Å². The second-order valence-corrected chi connectivity index (χ2v) is 5.19. The molecule has 0 fully saturated rings. The molecule has 0 nitrogen and oxygen atoms in total. The number of allylic oxidation sites excluding steroid dienone is 4. The molecule has 0 aliphatic carbocycles. The van der Waals surface area contributed by atoms with Crippen LogP contribution < -0.4 is 0 Å². The summed E-state index contributed by atoms with van der Waals surface area (Å²) in [5.41, 5.74) is 0. The molecule has 0 saturated carbocycles. The normalized spacial score (nSPS) is 11.9. The third kappa shape index (κ3) is 15.5. The molecule has 106 valence electrons. The highest BCUT2D eigenvalue weighted by Gasteiger charge is 1.89. The summed E-state index contributed by atoms with van der Waals surface area (Å²) in [5, 5.41) is 0. The van der Waals surface area contributed by atoms with Gasteiger partial charge in [-0.15, -0.1) is 0 Å². The summed E-state index contributed by atoms with van der Waals surface area (Å²) in [6.07, 6.45) is 25.5. The van der Waals surface area contributed by atoms with Gasteiger partial charge in [-0.3, -0.25) is 0 Å². The van der Waals surface area contributed by atoms with Crippen molar-refractivity contribution in [1.82, 2.24) is 0 Å². The molecule has 0 bridgehead atoms. The van der Waals surface area contributed by atoms with E-state index in [0.29, 0.717) is 0 Å². The molecular formula is C18H34. The van der Waals surface area contributed by atoms with E-state index in [2.05, 4.69) is 38.2 Å². The molecule has 0 spiro atoms. The fourth-order valence-electron chi connectivity index (χ4n) is 2.07. The number of hydrogen-bond donors (Lipinski definition) is 0. The van der Waals surface area contributed by atoms with Gasteiger partial charge < -0.3 is 0 Å². The standard InChI is InChI=1S/C18H34/c1-3-5-7-9-11-13-15-17-18-16-14-12-10-8-6-4-2/h5,7,10,12H,3-4,6,8-9,11,13-18H2,1-2H3/b7-5+,12-10-. The van der Waals surface area contributed by atoms with Crippen LogP contribution in [0.2, 0.25) is 0 Å². The minimum absolute atomic E-state index is 1.19. The summed E-state index contributed by atoms with van der Waals surface area (Å²) in [4.78, 5) is 0. The second-order valence-electron chi connectivity index (χ2n) is 5.19. The topological polar surface area (TPSA) is 0 Å². The van der Waals surface area contributed by atoms with E-state index < -0.39 is 0 Å². The molecule has 0 aliphatic rings. The van der Waals surface area contributed by atoms with Gasteiger partial charge in [0, 0.05) is 0 Å². The Morgan fingerprint density at radius 2 is 0.944 bits per heavy atom. The highest BCUT2D eigenvalue weighted by Crippen LogP contribution is 2.09. The fraction of sp³-hybridized carbons (Fsp3) is 0.778. The lowest BCUT2D eigenvalue weighted by molar-refractivity contribution is 0.599. The lowest BCUT2D eigenvalue weighted by atomic mass is 10.1. The molecule has 0 aromatic heterocycles. The zero-order chi connectivity index (χ0) is 13.3. The van der Waals surface area contributed by atoms with Gasteiger partial charge in [0.25, 0.3) is 0 Å². The van der Waals surface area contributed by atoms with Gasteiger partial charge in [0.15, 0.2) is 0 Å². The van der Waals surface area contributed by atoms with Gasteiger partial charge in [-0.25, -0.2) is 0 Å². The number of unbranched alkanes of at least 4 members (excludes halogenated alkanes) is 9. The maximum Gasteiger partial charge on any atom is -0.0351 e. The van der Waals surface area contributed by atoms with Crippen molar-refractivity contribution in [3.05, 3.63) is 24.3 Å². The first-order valence-electron chi connectivity index (χ1n) is 8.21. The van der Waals surface area contributed by atoms with Crippen molar-refractivity contribution in [2.75, 3.05) is 0 Å². The average Bonchev–Trinajstić information content (AvgIpc) is 2.39. The summed E-state index contributed by atoms with van der Waals surface area (Å²) in [6.45, 7) is 4.46. The van der Waals surface area contributed by atoms with E-state index in [1.807, 2.05) is 0 Å². The minimum Gasteiger partial charge on any atom is -0.0888 e. The molecule has 0 aromatic carbocycles. The van der Waals surface area contributed by atoms with Crippen molar-refractivity contribution >= 4 is 0 Å². The summed E-state index contributed by atoms with van der Waals surface area (Å²) in [7, 11) is 0. The Bertz CT molecular complexity index is 188. The molecule has 0 aromatic rings. The summed E-state index contributed by atoms with van der Waals surface area (Å²) < 4.78 is 0. The molecule has 0 saturated heterocycles. The number of rotatable bonds is 13. The van der Waals surface area contributed by atoms with Crippen LogP contribution in [-0.4, -0.2) is 0 Å². The molecular weight excluding hydrogens is 216 g/mol. The van der Waals surface area contributed by atoms with Gasteiger partial charge >= 0.3 is 0 Å². The van der Waals surface area contributed by atoms with E-state index in [4.69, 9.17) is 0 Å². The highest BCUT2D eigenvalue weighted by molar-refractivity contribution is 4.81. The Labute approximate surface area is 116 Å². The largest absolute Gasteiger partial charge is 0.0888 e. The van der Waals surface area contributed by atoms with Crippen LogP contribution in [-0.2, 0) is 0 Å². The van der Waals surface area contributed by atoms with E-state index in [-0.39, 0.29) is 0 Å². The maximum atomic E-state index is 2.38. The maximum absolute atomic E-state index is 2.38. The van der Waals surface area contributed by atoms with E-state index in [1.54, 1.807) is 0 Å². The van der Waals surface area contributed by atoms with Crippen LogP contribution in [0, 0.1) is 0 Å². The van der Waals surface area contributed by atoms with E-state index in [9.17, 15) is 0 Å². The van der Waals surface area contributed by atoms with Crippen molar-refractivity contribution in [2.45, 2.75) is 90.9 Å². The molecule has 0 atom stereocenters. The van der Waals surface area contributed by atoms with Crippen LogP contribution in [0.15, 0.2) is 24.3 Å². The first-order chi connectivity index (χ1) is 8.91. The summed E-state index contributed by atoms with van der Waals surface area (Å²) in [6, 6.07) is 0. The molecule has 0 aliphatic heterocycles. The first kappa shape index (κ1) is 17.5. The van der Waals surface area contributed by atoms with Gasteiger partial charge in [-0.1, -0.05) is 76.7 Å². The SMILES string of the molecule is CC/C=C/CCCCCCCC/C=C\CCCC. The third-order valence-corrected chi connectivity index (χ3v) is 3.28. The van der Waals surface area contributed by atoms with E-state index in [1.165, 1.54) is 77.0 Å². The average molecular weight is 250 g/mol. The summed E-state index contributed by atoms with van der Waals surface area (Å²) in [5.74, 6) is 0. The summed E-state index contributed by atoms with van der Waals surface area (Å²) >= 11 is 0. The van der Waals surface area contributed by atoms with Gasteiger partial charge in [0.1, 0.15) is 0 Å². The van der Waals surface area contributed by atoms with E-state index >= 15 is 0 Å². The zero-order valence-corrected chi connectivity index (χ0v) is 12.8. The van der Waals surface area contributed by atoms with Crippen LogP contribution in [0.25, 0.3) is 0 Å². The van der Waals surface area contributed by atoms with Crippen molar-refractivity contribution in [3.8, 4) is 0 Å². The zero-order valence-electron chi connectivity index (χ0n) is 12.8. The highest BCUT2D eigenvalue weighted by atomic mass is 14.0. The second kappa shape index (κ2) is 16.5. The molecule has 0 amide bonds. The molecule has 0 rings (SSSR count). The molecule has 0 N–H and O–H groups in total. The Hall–Kier alpha value is -0.520. The monoisotopic (exact) mass is 250 g/mol. The van der Waals surface area contributed by atoms with Gasteiger partial charge in [0.05, 0.1) is 0 Å². The van der Waals surface area contributed by atoms with Gasteiger partial charge in [-0.05, 0) is 38.5 Å². The Balaban J connectivity index is 3.03. The molecule has 18 heavy (non-hydrogen) atoms. The van der Waals surface area contributed by atoms with Crippen LogP contribution in [0.5, 0.6) is 0 Å². The van der Waals surface area contributed by atoms with Crippen LogP contribution >= 0.6 is 0 Å². The first-order valence-corrected chi connectivity index (χ1v) is 8.21. The van der Waals surface area contributed by atoms with Crippen molar-refractivity contribution in [1.29, 1.82) is 0 Å². The predicted octanol–water partition coefficient (Wildman–Crippen LogP) is 6.82. The number of hydrogen-bond acceptors (Lipinski definition) is 0. The molecule has 0 heteroatoms. The van der Waals surface area contributed by atoms with Crippen LogP contribution in [0.1, 0.15) is 90.9 Å². The van der Waals surface area contributed by atoms with Gasteiger partial charge in [0.2, 0.25) is 0 Å². The quantitative estimate of drug-likeness (QED) is 0.248. The van der Waals surface area contributed by atoms with Crippen LogP contribution in [0.3, 0.4) is 0 Å². The minimum atomic E-state index is 1.19. The lowest BCUT2D eigenvalue weighted by Gasteiger charge is -1.99. The molecule has 0 radical (unpaired) electrons. The van der Waals surface area contributed by atoms with Gasteiger partial charge in [-0.2, -0.15) is 0 Å². The van der Waals surface area contributed by atoms with Crippen LogP contribution in [0.4, 0.5) is 0 Å². The molecule has 0 heterocycles. The Morgan fingerprint density at radius 3 is 1.44 bits per heavy atom. The Morgan fingerprint density at radius 1 is 0.500 bits per heavy atom. The smallest absolute Gasteiger partial charge is 0.0351 e. The van der Waals surface area contributed by atoms with E-state index in [0.717, 1.165) is 0 Å². The Kier molecular flexibility index (Phi) is 16.0. The fourth-order valence-corrected chi connectivity index (χ4v) is 2.07. The third-order valence-electron chi connectivity index (χ3n) is 3.28. The molecule has 0 unspecified atom stereocenters. The predicted molar refractivity (Wildman–Crippen MR) is 85.0 cm³/mol. The van der Waals surface area contributed by atoms with Crippen molar-refractivity contribution < 1.29 is 0 Å². The lowest BCUT2D eigenvalue weighted by Crippen LogP contribution is -1.79. The van der Waals surface area contributed by atoms with Crippen molar-refractivity contribution in [2.24, 2.45) is 0 Å².